The van der Waals surface area contributed by atoms with Crippen molar-refractivity contribution < 1.29 is 13.6 Å². The minimum absolute atomic E-state index is 0.197. The summed E-state index contributed by atoms with van der Waals surface area (Å²) in [4.78, 5) is 12.2. The van der Waals surface area contributed by atoms with Crippen LogP contribution in [0.1, 0.15) is 5.76 Å². The van der Waals surface area contributed by atoms with Gasteiger partial charge < -0.3 is 9.73 Å². The molecule has 0 saturated heterocycles. The first kappa shape index (κ1) is 18.7. The van der Waals surface area contributed by atoms with Crippen molar-refractivity contribution in [1.82, 2.24) is 0 Å². The number of amides is 1. The van der Waals surface area contributed by atoms with Crippen LogP contribution in [0.15, 0.2) is 64.6 Å². The molecule has 0 saturated carbocycles. The number of benzene rings is 2. The molecular formula is C20H11Cl2FN2O2. The Bertz CT molecular complexity index is 1080. The highest BCUT2D eigenvalue weighted by Crippen LogP contribution is 2.32. The molecule has 1 heterocycles. The summed E-state index contributed by atoms with van der Waals surface area (Å²) in [6, 6.07) is 15.4. The number of hydrogen-bond acceptors (Lipinski definition) is 3. The smallest absolute Gasteiger partial charge is 0.266 e. The summed E-state index contributed by atoms with van der Waals surface area (Å²) in [5.74, 6) is -0.449. The van der Waals surface area contributed by atoms with E-state index >= 15 is 0 Å². The summed E-state index contributed by atoms with van der Waals surface area (Å²) in [6.07, 6.45) is 1.29. The summed E-state index contributed by atoms with van der Waals surface area (Å²) < 4.78 is 18.9. The molecule has 27 heavy (non-hydrogen) atoms. The van der Waals surface area contributed by atoms with Crippen LogP contribution in [0.2, 0.25) is 10.0 Å². The lowest BCUT2D eigenvalue weighted by atomic mass is 10.2. The molecule has 3 aromatic rings. The summed E-state index contributed by atoms with van der Waals surface area (Å²) in [5.41, 5.74) is 0.635. The van der Waals surface area contributed by atoms with Gasteiger partial charge in [-0.15, -0.1) is 0 Å². The number of furan rings is 1. The quantitative estimate of drug-likeness (QED) is 0.435. The Morgan fingerprint density at radius 1 is 1.15 bits per heavy atom. The van der Waals surface area contributed by atoms with E-state index in [4.69, 9.17) is 27.6 Å². The highest BCUT2D eigenvalue weighted by atomic mass is 35.5. The SMILES string of the molecule is N#C/C(=C\c1ccc(-c2cc(Cl)ccc2Cl)o1)C(=O)Nc1cccc(F)c1. The van der Waals surface area contributed by atoms with E-state index in [-0.39, 0.29) is 17.0 Å². The number of halogens is 3. The second kappa shape index (κ2) is 8.09. The minimum atomic E-state index is -0.679. The number of nitriles is 1. The monoisotopic (exact) mass is 400 g/mol. The number of carbonyl (C=O) groups is 1. The molecule has 0 spiro atoms. The first-order valence-corrected chi connectivity index (χ1v) is 8.46. The van der Waals surface area contributed by atoms with Crippen molar-refractivity contribution in [3.05, 3.63) is 81.8 Å². The van der Waals surface area contributed by atoms with Crippen molar-refractivity contribution in [2.24, 2.45) is 0 Å². The van der Waals surface area contributed by atoms with E-state index in [1.54, 1.807) is 36.4 Å². The first-order chi connectivity index (χ1) is 13.0. The van der Waals surface area contributed by atoms with Gasteiger partial charge in [0.1, 0.15) is 29.0 Å². The van der Waals surface area contributed by atoms with Gasteiger partial charge in [0, 0.05) is 22.3 Å². The molecule has 0 aliphatic heterocycles. The zero-order chi connectivity index (χ0) is 19.4. The second-order valence-corrected chi connectivity index (χ2v) is 6.30. The number of carbonyl (C=O) groups excluding carboxylic acids is 1. The van der Waals surface area contributed by atoms with Crippen molar-refractivity contribution in [3.63, 3.8) is 0 Å². The molecule has 1 aromatic heterocycles. The molecule has 1 amide bonds. The van der Waals surface area contributed by atoms with E-state index in [1.807, 2.05) is 0 Å². The van der Waals surface area contributed by atoms with Crippen LogP contribution in [0.3, 0.4) is 0 Å². The van der Waals surface area contributed by atoms with Gasteiger partial charge in [-0.3, -0.25) is 4.79 Å². The Labute approximate surface area is 164 Å². The minimum Gasteiger partial charge on any atom is -0.457 e. The third-order valence-electron chi connectivity index (χ3n) is 3.55. The average molecular weight is 401 g/mol. The van der Waals surface area contributed by atoms with Crippen LogP contribution in [-0.4, -0.2) is 5.91 Å². The molecule has 1 N–H and O–H groups in total. The third kappa shape index (κ3) is 4.56. The lowest BCUT2D eigenvalue weighted by Gasteiger charge is -2.04. The number of anilines is 1. The van der Waals surface area contributed by atoms with Gasteiger partial charge in [0.25, 0.3) is 5.91 Å². The van der Waals surface area contributed by atoms with Crippen molar-refractivity contribution >= 4 is 40.9 Å². The molecule has 4 nitrogen and oxygen atoms in total. The van der Waals surface area contributed by atoms with Crippen LogP contribution >= 0.6 is 23.2 Å². The van der Waals surface area contributed by atoms with Crippen LogP contribution in [0.25, 0.3) is 17.4 Å². The Hall–Kier alpha value is -3.07. The highest BCUT2D eigenvalue weighted by molar-refractivity contribution is 6.35. The van der Waals surface area contributed by atoms with E-state index in [1.165, 1.54) is 24.3 Å². The van der Waals surface area contributed by atoms with E-state index in [2.05, 4.69) is 5.32 Å². The molecule has 0 radical (unpaired) electrons. The predicted octanol–water partition coefficient (Wildman–Crippen LogP) is 5.94. The Morgan fingerprint density at radius 3 is 2.70 bits per heavy atom. The van der Waals surface area contributed by atoms with Crippen LogP contribution in [0, 0.1) is 17.1 Å². The van der Waals surface area contributed by atoms with Gasteiger partial charge in [-0.1, -0.05) is 29.3 Å². The number of nitrogens with zero attached hydrogens (tertiary/aromatic N) is 1. The molecule has 134 valence electrons. The Balaban J connectivity index is 1.84. The maximum absolute atomic E-state index is 13.2. The Morgan fingerprint density at radius 2 is 1.96 bits per heavy atom. The maximum atomic E-state index is 13.2. The van der Waals surface area contributed by atoms with Gasteiger partial charge in [-0.2, -0.15) is 5.26 Å². The first-order valence-electron chi connectivity index (χ1n) is 7.70. The average Bonchev–Trinajstić information content (AvgIpc) is 3.10. The fourth-order valence-corrected chi connectivity index (χ4v) is 2.70. The Kier molecular flexibility index (Phi) is 5.60. The lowest BCUT2D eigenvalue weighted by Crippen LogP contribution is -2.13. The standard InChI is InChI=1S/C20H11Cl2FN2O2/c21-13-4-6-18(22)17(9-13)19-7-5-16(27-19)8-12(11-24)20(26)25-15-3-1-2-14(23)10-15/h1-10H,(H,25,26)/b12-8+. The summed E-state index contributed by atoms with van der Waals surface area (Å²) in [7, 11) is 0. The van der Waals surface area contributed by atoms with E-state index in [0.29, 0.717) is 21.4 Å². The molecule has 3 rings (SSSR count). The maximum Gasteiger partial charge on any atom is 0.266 e. The summed E-state index contributed by atoms with van der Waals surface area (Å²) in [6.45, 7) is 0. The number of nitrogens with one attached hydrogen (secondary N) is 1. The van der Waals surface area contributed by atoms with Crippen LogP contribution in [0.5, 0.6) is 0 Å². The summed E-state index contributed by atoms with van der Waals surface area (Å²) >= 11 is 12.1. The normalized spacial score (nSPS) is 11.1. The van der Waals surface area contributed by atoms with Crippen LogP contribution < -0.4 is 5.32 Å². The fourth-order valence-electron chi connectivity index (χ4n) is 2.32. The zero-order valence-electron chi connectivity index (χ0n) is 13.7. The molecule has 0 unspecified atom stereocenters. The van der Waals surface area contributed by atoms with Gasteiger partial charge in [-0.25, -0.2) is 4.39 Å². The van der Waals surface area contributed by atoms with Crippen molar-refractivity contribution in [2.45, 2.75) is 0 Å². The van der Waals surface area contributed by atoms with E-state index in [0.717, 1.165) is 6.07 Å². The predicted molar refractivity (Wildman–Crippen MR) is 103 cm³/mol. The van der Waals surface area contributed by atoms with Crippen LogP contribution in [-0.2, 0) is 4.79 Å². The van der Waals surface area contributed by atoms with E-state index in [9.17, 15) is 14.4 Å². The van der Waals surface area contributed by atoms with Gasteiger partial charge in [-0.05, 0) is 48.5 Å². The molecule has 0 bridgehead atoms. The van der Waals surface area contributed by atoms with Crippen molar-refractivity contribution in [3.8, 4) is 17.4 Å². The third-order valence-corrected chi connectivity index (χ3v) is 4.12. The van der Waals surface area contributed by atoms with Gasteiger partial charge >= 0.3 is 0 Å². The fraction of sp³-hybridized carbons (Fsp3) is 0. The van der Waals surface area contributed by atoms with Gasteiger partial charge in [0.15, 0.2) is 0 Å². The lowest BCUT2D eigenvalue weighted by molar-refractivity contribution is -0.112. The van der Waals surface area contributed by atoms with Gasteiger partial charge in [0.05, 0.1) is 5.02 Å². The molecule has 0 fully saturated rings. The number of hydrogen-bond donors (Lipinski definition) is 1. The molecule has 0 atom stereocenters. The van der Waals surface area contributed by atoms with Crippen molar-refractivity contribution in [1.29, 1.82) is 5.26 Å². The second-order valence-electron chi connectivity index (χ2n) is 5.46. The molecule has 7 heteroatoms. The molecule has 0 aliphatic rings. The van der Waals surface area contributed by atoms with E-state index < -0.39 is 11.7 Å². The summed E-state index contributed by atoms with van der Waals surface area (Å²) in [5, 5.41) is 12.7. The largest absolute Gasteiger partial charge is 0.457 e. The highest BCUT2D eigenvalue weighted by Gasteiger charge is 2.13. The molecular weight excluding hydrogens is 390 g/mol. The number of rotatable bonds is 4. The molecule has 0 aliphatic carbocycles. The van der Waals surface area contributed by atoms with Crippen molar-refractivity contribution in [2.75, 3.05) is 5.32 Å². The van der Waals surface area contributed by atoms with Crippen LogP contribution in [0.4, 0.5) is 10.1 Å². The topological polar surface area (TPSA) is 66.0 Å². The van der Waals surface area contributed by atoms with Gasteiger partial charge in [0.2, 0.25) is 0 Å². The molecule has 2 aromatic carbocycles. The zero-order valence-corrected chi connectivity index (χ0v) is 15.2.